The summed E-state index contributed by atoms with van der Waals surface area (Å²) in [7, 11) is 1.24. The summed E-state index contributed by atoms with van der Waals surface area (Å²) >= 11 is 0. The van der Waals surface area contributed by atoms with Gasteiger partial charge < -0.3 is 18.7 Å². The van der Waals surface area contributed by atoms with Crippen molar-refractivity contribution in [3.8, 4) is 0 Å². The van der Waals surface area contributed by atoms with E-state index in [2.05, 4.69) is 0 Å². The van der Waals surface area contributed by atoms with Crippen molar-refractivity contribution in [1.82, 2.24) is 0 Å². The van der Waals surface area contributed by atoms with Crippen LogP contribution in [0, 0.1) is 0 Å². The lowest BCUT2D eigenvalue weighted by atomic mass is 9.85. The Hall–Kier alpha value is -2.86. The van der Waals surface area contributed by atoms with Crippen molar-refractivity contribution in [2.45, 2.75) is 62.3 Å². The number of methoxy groups -OCH3 is 1. The number of piperidine rings is 1. The van der Waals surface area contributed by atoms with Gasteiger partial charge in [0.25, 0.3) is 5.60 Å². The number of ether oxygens (including phenoxy) is 3. The number of hydrogen-bond acceptors (Lipinski definition) is 5. The molecule has 6 heteroatoms. The third kappa shape index (κ3) is 3.70. The molecule has 0 radical (unpaired) electrons. The summed E-state index contributed by atoms with van der Waals surface area (Å²) in [6.07, 6.45) is 5.67. The smallest absolute Gasteiger partial charge is 0.458 e. The zero-order chi connectivity index (χ0) is 22.9. The van der Waals surface area contributed by atoms with Crippen LogP contribution in [0.5, 0.6) is 0 Å². The number of quaternary nitrogens is 1. The van der Waals surface area contributed by atoms with E-state index >= 15 is 0 Å². The van der Waals surface area contributed by atoms with Crippen molar-refractivity contribution < 1.29 is 28.3 Å². The molecule has 3 aliphatic rings. The Morgan fingerprint density at radius 3 is 1.85 bits per heavy atom. The molecule has 33 heavy (non-hydrogen) atoms. The predicted molar refractivity (Wildman–Crippen MR) is 122 cm³/mol. The molecular weight excluding hydrogens is 418 g/mol. The van der Waals surface area contributed by atoms with Gasteiger partial charge in [-0.05, 0) is 0 Å². The first-order valence-corrected chi connectivity index (χ1v) is 12.0. The van der Waals surface area contributed by atoms with Crippen molar-refractivity contribution in [1.29, 1.82) is 0 Å². The highest BCUT2D eigenvalue weighted by atomic mass is 16.7. The van der Waals surface area contributed by atoms with Crippen molar-refractivity contribution in [2.24, 2.45) is 0 Å². The number of hydrogen-bond donors (Lipinski definition) is 0. The van der Waals surface area contributed by atoms with Gasteiger partial charge in [-0.1, -0.05) is 60.7 Å². The molecule has 2 aromatic rings. The quantitative estimate of drug-likeness (QED) is 0.494. The van der Waals surface area contributed by atoms with E-state index in [1.807, 2.05) is 36.4 Å². The lowest BCUT2D eigenvalue weighted by molar-refractivity contribution is -0.956. The second kappa shape index (κ2) is 8.82. The molecule has 3 saturated heterocycles. The van der Waals surface area contributed by atoms with Crippen molar-refractivity contribution in [3.63, 3.8) is 0 Å². The van der Waals surface area contributed by atoms with E-state index < -0.39 is 17.7 Å². The highest BCUT2D eigenvalue weighted by Gasteiger charge is 2.57. The third-order valence-corrected chi connectivity index (χ3v) is 8.08. The minimum absolute atomic E-state index is 0.174. The van der Waals surface area contributed by atoms with Crippen molar-refractivity contribution in [3.05, 3.63) is 71.8 Å². The van der Waals surface area contributed by atoms with Crippen LogP contribution in [0.1, 0.15) is 49.7 Å². The summed E-state index contributed by atoms with van der Waals surface area (Å²) in [5.74, 6) is -0.565. The standard InChI is InChI=1S/C27H32NO5/c1-31-26(30)33-27(20-10-4-2-5-11-20,21-12-6-3-7-13-21)25(29)32-24-18-22-14-15-23(19-24)28(22)16-8-9-17-28/h2-7,10-13,22-24H,8-9,14-19H2,1H3/q+1. The maximum absolute atomic E-state index is 14.0. The molecule has 2 unspecified atom stereocenters. The Labute approximate surface area is 195 Å². The summed E-state index contributed by atoms with van der Waals surface area (Å²) in [5.41, 5.74) is -0.659. The second-order valence-electron chi connectivity index (χ2n) is 9.61. The number of benzene rings is 2. The molecule has 0 amide bonds. The number of carbonyl (C=O) groups excluding carboxylic acids is 2. The maximum Gasteiger partial charge on any atom is 0.509 e. The van der Waals surface area contributed by atoms with E-state index in [0.29, 0.717) is 23.2 Å². The molecule has 2 atom stereocenters. The molecule has 3 aliphatic heterocycles. The third-order valence-electron chi connectivity index (χ3n) is 8.08. The number of rotatable bonds is 5. The summed E-state index contributed by atoms with van der Waals surface area (Å²) in [4.78, 5) is 26.4. The normalized spacial score (nSPS) is 25.5. The SMILES string of the molecule is COC(=O)OC(C(=O)OC1CC2CCC(C1)[N+]21CCCC1)(c1ccccc1)c1ccccc1. The van der Waals surface area contributed by atoms with Crippen LogP contribution >= 0.6 is 0 Å². The van der Waals surface area contributed by atoms with Crippen LogP contribution in [0.4, 0.5) is 4.79 Å². The topological polar surface area (TPSA) is 61.8 Å². The Balaban J connectivity index is 1.48. The molecule has 0 saturated carbocycles. The van der Waals surface area contributed by atoms with Crippen LogP contribution in [-0.4, -0.2) is 55.0 Å². The zero-order valence-electron chi connectivity index (χ0n) is 19.2. The van der Waals surface area contributed by atoms with Gasteiger partial charge in [0.2, 0.25) is 0 Å². The van der Waals surface area contributed by atoms with Crippen LogP contribution in [0.3, 0.4) is 0 Å². The fraction of sp³-hybridized carbons (Fsp3) is 0.481. The second-order valence-corrected chi connectivity index (χ2v) is 9.61. The van der Waals surface area contributed by atoms with Gasteiger partial charge in [0.15, 0.2) is 0 Å². The van der Waals surface area contributed by atoms with E-state index in [1.54, 1.807) is 24.3 Å². The van der Waals surface area contributed by atoms with Crippen LogP contribution in [-0.2, 0) is 24.6 Å². The van der Waals surface area contributed by atoms with E-state index in [-0.39, 0.29) is 6.10 Å². The molecular formula is C27H32NO5+. The maximum atomic E-state index is 14.0. The minimum atomic E-state index is -1.73. The number of nitrogens with zero attached hydrogens (tertiary/aromatic N) is 1. The summed E-state index contributed by atoms with van der Waals surface area (Å²) in [6.45, 7) is 2.53. The molecule has 2 aromatic carbocycles. The van der Waals surface area contributed by atoms with Gasteiger partial charge in [0.1, 0.15) is 6.10 Å². The van der Waals surface area contributed by atoms with E-state index in [0.717, 1.165) is 12.8 Å². The van der Waals surface area contributed by atoms with Gasteiger partial charge in [-0.25, -0.2) is 9.59 Å². The van der Waals surface area contributed by atoms with Gasteiger partial charge in [0, 0.05) is 49.7 Å². The minimum Gasteiger partial charge on any atom is -0.458 e. The van der Waals surface area contributed by atoms with Crippen molar-refractivity contribution in [2.75, 3.05) is 20.2 Å². The molecule has 2 bridgehead atoms. The van der Waals surface area contributed by atoms with Crippen LogP contribution < -0.4 is 0 Å². The predicted octanol–water partition coefficient (Wildman–Crippen LogP) is 4.56. The molecule has 174 valence electrons. The number of esters is 1. The Bertz CT molecular complexity index is 931. The largest absolute Gasteiger partial charge is 0.509 e. The van der Waals surface area contributed by atoms with Crippen LogP contribution in [0.2, 0.25) is 0 Å². The van der Waals surface area contributed by atoms with Gasteiger partial charge in [-0.2, -0.15) is 0 Å². The van der Waals surface area contributed by atoms with Gasteiger partial charge in [-0.3, -0.25) is 0 Å². The first kappa shape index (κ1) is 22.0. The molecule has 6 nitrogen and oxygen atoms in total. The van der Waals surface area contributed by atoms with Crippen molar-refractivity contribution >= 4 is 12.1 Å². The average molecular weight is 451 g/mol. The van der Waals surface area contributed by atoms with E-state index in [9.17, 15) is 9.59 Å². The summed E-state index contributed by atoms with van der Waals surface area (Å²) < 4.78 is 18.1. The molecule has 1 spiro atoms. The molecule has 3 fully saturated rings. The molecule has 5 rings (SSSR count). The van der Waals surface area contributed by atoms with Crippen LogP contribution in [0.15, 0.2) is 60.7 Å². The first-order valence-electron chi connectivity index (χ1n) is 12.0. The number of carbonyl (C=O) groups is 2. The fourth-order valence-corrected chi connectivity index (χ4v) is 6.62. The lowest BCUT2D eigenvalue weighted by Crippen LogP contribution is -2.60. The van der Waals surface area contributed by atoms with E-state index in [1.165, 1.54) is 50.4 Å². The molecule has 0 N–H and O–H groups in total. The summed E-state index contributed by atoms with van der Waals surface area (Å²) in [6, 6.07) is 19.3. The molecule has 3 heterocycles. The molecule has 0 aliphatic carbocycles. The van der Waals surface area contributed by atoms with Gasteiger partial charge in [0.05, 0.1) is 32.3 Å². The average Bonchev–Trinajstić information content (AvgIpc) is 3.40. The van der Waals surface area contributed by atoms with Crippen LogP contribution in [0.25, 0.3) is 0 Å². The van der Waals surface area contributed by atoms with E-state index in [4.69, 9.17) is 14.2 Å². The summed E-state index contributed by atoms with van der Waals surface area (Å²) in [5, 5.41) is 0. The first-order chi connectivity index (χ1) is 16.1. The Kier molecular flexibility index (Phi) is 5.87. The zero-order valence-corrected chi connectivity index (χ0v) is 19.2. The van der Waals surface area contributed by atoms with Gasteiger partial charge in [-0.15, -0.1) is 0 Å². The lowest BCUT2D eigenvalue weighted by Gasteiger charge is -2.47. The Morgan fingerprint density at radius 2 is 1.36 bits per heavy atom. The monoisotopic (exact) mass is 450 g/mol. The highest BCUT2D eigenvalue weighted by Crippen LogP contribution is 2.47. The van der Waals surface area contributed by atoms with Gasteiger partial charge >= 0.3 is 12.1 Å². The highest BCUT2D eigenvalue weighted by molar-refractivity contribution is 5.88. The Morgan fingerprint density at radius 1 is 0.848 bits per heavy atom. The molecule has 0 aromatic heterocycles. The fourth-order valence-electron chi connectivity index (χ4n) is 6.62.